The second-order valence-electron chi connectivity index (χ2n) is 5.50. The highest BCUT2D eigenvalue weighted by Gasteiger charge is 2.39. The molecule has 114 valence electrons. The van der Waals surface area contributed by atoms with Crippen LogP contribution in [-0.2, 0) is 18.9 Å². The monoisotopic (exact) mass is 298 g/mol. The molecule has 2 aromatic carbocycles. The first-order valence-electron chi connectivity index (χ1n) is 7.54. The van der Waals surface area contributed by atoms with Gasteiger partial charge in [-0.15, -0.1) is 0 Å². The molecule has 0 N–H and O–H groups in total. The summed E-state index contributed by atoms with van der Waals surface area (Å²) in [6, 6.07) is 19.9. The average molecular weight is 298 g/mol. The summed E-state index contributed by atoms with van der Waals surface area (Å²) in [6.45, 7) is 1.02. The molecule has 0 aliphatic carbocycles. The zero-order chi connectivity index (χ0) is 14.8. The third kappa shape index (κ3) is 2.78. The summed E-state index contributed by atoms with van der Waals surface area (Å²) in [7, 11) is 0. The zero-order valence-electron chi connectivity index (χ0n) is 12.1. The van der Waals surface area contributed by atoms with Gasteiger partial charge in [0.15, 0.2) is 12.6 Å². The van der Waals surface area contributed by atoms with Crippen LogP contribution in [-0.4, -0.2) is 25.4 Å². The topological polar surface area (TPSA) is 36.9 Å². The summed E-state index contributed by atoms with van der Waals surface area (Å²) in [5, 5.41) is 0. The second-order valence-corrected chi connectivity index (χ2v) is 5.50. The number of ether oxygens (including phenoxy) is 4. The summed E-state index contributed by atoms with van der Waals surface area (Å²) >= 11 is 0. The van der Waals surface area contributed by atoms with Crippen LogP contribution in [0.25, 0.3) is 0 Å². The molecule has 0 saturated carbocycles. The van der Waals surface area contributed by atoms with Crippen molar-refractivity contribution in [1.29, 1.82) is 0 Å². The Kier molecular flexibility index (Phi) is 3.91. The summed E-state index contributed by atoms with van der Waals surface area (Å²) in [5.74, 6) is 0. The standard InChI is InChI=1S/C18H18O4/c1-3-7-13(8-4-1)17-19-11-16-15(21-17)12-20-18(22-16)14-9-5-2-6-10-14/h1-10,15-18H,11-12H2/t15-,16+,17?,18?. The molecule has 0 spiro atoms. The zero-order valence-corrected chi connectivity index (χ0v) is 12.1. The van der Waals surface area contributed by atoms with Crippen molar-refractivity contribution in [2.45, 2.75) is 24.8 Å². The fraction of sp³-hybridized carbons (Fsp3) is 0.333. The number of fused-ring (bicyclic) bond motifs is 1. The predicted octanol–water partition coefficient (Wildman–Crippen LogP) is 3.21. The molecule has 4 nitrogen and oxygen atoms in total. The largest absolute Gasteiger partial charge is 0.346 e. The number of rotatable bonds is 2. The minimum Gasteiger partial charge on any atom is -0.346 e. The molecule has 2 fully saturated rings. The number of hydrogen-bond acceptors (Lipinski definition) is 4. The molecule has 2 aromatic rings. The first kappa shape index (κ1) is 13.9. The van der Waals surface area contributed by atoms with E-state index in [1.54, 1.807) is 0 Å². The van der Waals surface area contributed by atoms with E-state index < -0.39 is 0 Å². The molecule has 2 heterocycles. The Morgan fingerprint density at radius 2 is 1.00 bits per heavy atom. The van der Waals surface area contributed by atoms with Crippen LogP contribution in [0.5, 0.6) is 0 Å². The molecule has 0 radical (unpaired) electrons. The van der Waals surface area contributed by atoms with Gasteiger partial charge in [0, 0.05) is 11.1 Å². The maximum atomic E-state index is 5.99. The number of benzene rings is 2. The van der Waals surface area contributed by atoms with Crippen LogP contribution in [0.3, 0.4) is 0 Å². The Hall–Kier alpha value is -1.72. The Morgan fingerprint density at radius 3 is 1.41 bits per heavy atom. The van der Waals surface area contributed by atoms with E-state index in [0.717, 1.165) is 11.1 Å². The normalized spacial score (nSPS) is 31.5. The maximum Gasteiger partial charge on any atom is 0.184 e. The Morgan fingerprint density at radius 1 is 0.591 bits per heavy atom. The fourth-order valence-corrected chi connectivity index (χ4v) is 2.80. The second kappa shape index (κ2) is 6.18. The Bertz CT molecular complexity index is 545. The van der Waals surface area contributed by atoms with E-state index in [9.17, 15) is 0 Å². The van der Waals surface area contributed by atoms with Crippen molar-refractivity contribution in [3.8, 4) is 0 Å². The van der Waals surface area contributed by atoms with Crippen molar-refractivity contribution < 1.29 is 18.9 Å². The fourth-order valence-electron chi connectivity index (χ4n) is 2.80. The van der Waals surface area contributed by atoms with Gasteiger partial charge in [0.05, 0.1) is 13.2 Å². The molecule has 4 heteroatoms. The van der Waals surface area contributed by atoms with Crippen molar-refractivity contribution in [3.63, 3.8) is 0 Å². The van der Waals surface area contributed by atoms with Crippen molar-refractivity contribution in [2.75, 3.05) is 13.2 Å². The van der Waals surface area contributed by atoms with Crippen LogP contribution < -0.4 is 0 Å². The lowest BCUT2D eigenvalue weighted by atomic mass is 10.1. The molecule has 2 aliphatic rings. The van der Waals surface area contributed by atoms with Crippen molar-refractivity contribution in [3.05, 3.63) is 71.8 Å². The van der Waals surface area contributed by atoms with E-state index in [-0.39, 0.29) is 24.8 Å². The Labute approximate surface area is 129 Å². The highest BCUT2D eigenvalue weighted by Crippen LogP contribution is 2.34. The summed E-state index contributed by atoms with van der Waals surface area (Å²) in [5.41, 5.74) is 2.04. The lowest BCUT2D eigenvalue weighted by Gasteiger charge is -2.41. The molecule has 4 rings (SSSR count). The molecular formula is C18H18O4. The molecule has 2 aliphatic heterocycles. The van der Waals surface area contributed by atoms with Crippen LogP contribution in [0.2, 0.25) is 0 Å². The van der Waals surface area contributed by atoms with Crippen LogP contribution in [0.1, 0.15) is 23.7 Å². The minimum absolute atomic E-state index is 0.0982. The van der Waals surface area contributed by atoms with E-state index in [0.29, 0.717) is 13.2 Å². The average Bonchev–Trinajstić information content (AvgIpc) is 2.62. The van der Waals surface area contributed by atoms with Crippen LogP contribution in [0.4, 0.5) is 0 Å². The third-order valence-electron chi connectivity index (χ3n) is 3.98. The first-order valence-corrected chi connectivity index (χ1v) is 7.54. The Balaban J connectivity index is 1.43. The van der Waals surface area contributed by atoms with Gasteiger partial charge >= 0.3 is 0 Å². The molecule has 4 atom stereocenters. The van der Waals surface area contributed by atoms with Gasteiger partial charge in [0.1, 0.15) is 12.2 Å². The maximum absolute atomic E-state index is 5.99. The van der Waals surface area contributed by atoms with Crippen molar-refractivity contribution in [2.24, 2.45) is 0 Å². The van der Waals surface area contributed by atoms with Gasteiger partial charge in [0.2, 0.25) is 0 Å². The molecule has 22 heavy (non-hydrogen) atoms. The van der Waals surface area contributed by atoms with E-state index in [1.165, 1.54) is 0 Å². The quantitative estimate of drug-likeness (QED) is 0.853. The van der Waals surface area contributed by atoms with Gasteiger partial charge in [-0.1, -0.05) is 60.7 Å². The highest BCUT2D eigenvalue weighted by atomic mass is 16.8. The third-order valence-corrected chi connectivity index (χ3v) is 3.98. The van der Waals surface area contributed by atoms with E-state index in [2.05, 4.69) is 0 Å². The van der Waals surface area contributed by atoms with Crippen molar-refractivity contribution in [1.82, 2.24) is 0 Å². The van der Waals surface area contributed by atoms with Crippen molar-refractivity contribution >= 4 is 0 Å². The highest BCUT2D eigenvalue weighted by molar-refractivity contribution is 5.17. The molecule has 2 unspecified atom stereocenters. The molecular weight excluding hydrogens is 280 g/mol. The smallest absolute Gasteiger partial charge is 0.184 e. The molecule has 0 aromatic heterocycles. The molecule has 0 bridgehead atoms. The number of hydrogen-bond donors (Lipinski definition) is 0. The SMILES string of the molecule is c1ccc(C2OC[C@H]3OC(c4ccccc4)OC[C@@H]3O2)cc1. The predicted molar refractivity (Wildman–Crippen MR) is 80.0 cm³/mol. The van der Waals surface area contributed by atoms with Crippen LogP contribution in [0.15, 0.2) is 60.7 Å². The lowest BCUT2D eigenvalue weighted by molar-refractivity contribution is -0.342. The summed E-state index contributed by atoms with van der Waals surface area (Å²) in [4.78, 5) is 0. The van der Waals surface area contributed by atoms with E-state index in [1.807, 2.05) is 60.7 Å². The van der Waals surface area contributed by atoms with E-state index in [4.69, 9.17) is 18.9 Å². The van der Waals surface area contributed by atoms with Gasteiger partial charge in [0.25, 0.3) is 0 Å². The summed E-state index contributed by atoms with van der Waals surface area (Å²) < 4.78 is 23.6. The van der Waals surface area contributed by atoms with Gasteiger partial charge in [-0.2, -0.15) is 0 Å². The van der Waals surface area contributed by atoms with Gasteiger partial charge in [-0.25, -0.2) is 0 Å². The summed E-state index contributed by atoms with van der Waals surface area (Å²) in [6.07, 6.45) is -0.885. The van der Waals surface area contributed by atoms with Gasteiger partial charge in [-0.3, -0.25) is 0 Å². The van der Waals surface area contributed by atoms with Crippen LogP contribution in [0, 0.1) is 0 Å². The molecule has 2 saturated heterocycles. The van der Waals surface area contributed by atoms with Crippen LogP contribution >= 0.6 is 0 Å². The van der Waals surface area contributed by atoms with Gasteiger partial charge < -0.3 is 18.9 Å². The van der Waals surface area contributed by atoms with Gasteiger partial charge in [-0.05, 0) is 0 Å². The molecule has 0 amide bonds. The first-order chi connectivity index (χ1) is 10.9. The lowest BCUT2D eigenvalue weighted by Crippen LogP contribution is -2.49. The minimum atomic E-state index is -0.345. The van der Waals surface area contributed by atoms with E-state index >= 15 is 0 Å².